The van der Waals surface area contributed by atoms with E-state index >= 15 is 0 Å². The number of imidazole rings is 1. The maximum Gasteiger partial charge on any atom is 0.158 e. The van der Waals surface area contributed by atoms with Gasteiger partial charge in [-0.05, 0) is 54.7 Å². The van der Waals surface area contributed by atoms with Crippen LogP contribution in [0, 0.1) is 0 Å². The molecule has 1 saturated heterocycles. The lowest BCUT2D eigenvalue weighted by molar-refractivity contribution is -0.215. The average molecular weight is 496 g/mol. The van der Waals surface area contributed by atoms with Crippen LogP contribution in [0.15, 0.2) is 61.2 Å². The molecule has 0 N–H and O–H groups in total. The molecule has 170 valence electrons. The fraction of sp³-hybridized carbons (Fsp3) is 0.375. The molecule has 0 aliphatic carbocycles. The second-order valence-electron chi connectivity index (χ2n) is 7.79. The Morgan fingerprint density at radius 3 is 2.62 bits per heavy atom. The highest BCUT2D eigenvalue weighted by Gasteiger charge is 2.25. The van der Waals surface area contributed by atoms with Crippen LogP contribution in [0.1, 0.15) is 36.6 Å². The first-order chi connectivity index (χ1) is 15.6. The summed E-state index contributed by atoms with van der Waals surface area (Å²) >= 11 is 18.2. The highest BCUT2D eigenvalue weighted by atomic mass is 35.5. The number of benzene rings is 2. The molecule has 3 atom stereocenters. The largest absolute Gasteiger partial charge is 0.355 e. The van der Waals surface area contributed by atoms with Gasteiger partial charge in [0, 0.05) is 33.9 Å². The molecule has 2 aromatic carbocycles. The third-order valence-electron chi connectivity index (χ3n) is 5.41. The molecule has 5 nitrogen and oxygen atoms in total. The Bertz CT molecular complexity index is 983. The number of ether oxygens (including phenoxy) is 3. The van der Waals surface area contributed by atoms with Gasteiger partial charge < -0.3 is 18.8 Å². The molecule has 1 aliphatic heterocycles. The van der Waals surface area contributed by atoms with Crippen molar-refractivity contribution in [1.29, 1.82) is 0 Å². The van der Waals surface area contributed by atoms with Gasteiger partial charge in [-0.2, -0.15) is 0 Å². The van der Waals surface area contributed by atoms with Crippen LogP contribution in [0.4, 0.5) is 0 Å². The van der Waals surface area contributed by atoms with Crippen molar-refractivity contribution in [1.82, 2.24) is 9.55 Å². The lowest BCUT2D eigenvalue weighted by Crippen LogP contribution is -2.33. The molecule has 32 heavy (non-hydrogen) atoms. The van der Waals surface area contributed by atoms with Gasteiger partial charge in [-0.1, -0.05) is 53.0 Å². The first kappa shape index (κ1) is 23.6. The van der Waals surface area contributed by atoms with Crippen molar-refractivity contribution in [2.75, 3.05) is 6.61 Å². The Morgan fingerprint density at radius 2 is 1.88 bits per heavy atom. The molecule has 0 saturated carbocycles. The maximum absolute atomic E-state index is 6.28. The smallest absolute Gasteiger partial charge is 0.158 e. The summed E-state index contributed by atoms with van der Waals surface area (Å²) in [6.45, 7) is 0.848. The van der Waals surface area contributed by atoms with E-state index in [-0.39, 0.29) is 18.6 Å². The van der Waals surface area contributed by atoms with Gasteiger partial charge in [0.05, 0.1) is 25.6 Å². The standard InChI is InChI=1S/C24H25Cl3N2O3/c25-19-7-4-17(5-8-19)12-23(29-11-10-28-16-29)30-15-21-2-1-3-24(32-21)31-14-18-6-9-20(26)13-22(18)27/h4-11,13,16,21,23-24H,1-3,12,14-15H2. The van der Waals surface area contributed by atoms with Crippen LogP contribution in [0.3, 0.4) is 0 Å². The van der Waals surface area contributed by atoms with Crippen LogP contribution in [0.2, 0.25) is 15.1 Å². The van der Waals surface area contributed by atoms with Crippen molar-refractivity contribution in [2.24, 2.45) is 0 Å². The molecule has 1 aliphatic rings. The van der Waals surface area contributed by atoms with Crippen molar-refractivity contribution in [3.63, 3.8) is 0 Å². The van der Waals surface area contributed by atoms with E-state index < -0.39 is 0 Å². The minimum atomic E-state index is -0.285. The average Bonchev–Trinajstić information content (AvgIpc) is 3.32. The molecular formula is C24H25Cl3N2O3. The fourth-order valence-electron chi connectivity index (χ4n) is 3.66. The van der Waals surface area contributed by atoms with E-state index in [1.807, 2.05) is 41.1 Å². The van der Waals surface area contributed by atoms with Gasteiger partial charge in [0.15, 0.2) is 6.29 Å². The van der Waals surface area contributed by atoms with Crippen molar-refractivity contribution in [2.45, 2.75) is 50.9 Å². The SMILES string of the molecule is Clc1ccc(CC(OCC2CCCC(OCc3ccc(Cl)cc3Cl)O2)n2ccnc2)cc1. The summed E-state index contributed by atoms with van der Waals surface area (Å²) in [4.78, 5) is 4.16. The van der Waals surface area contributed by atoms with Gasteiger partial charge in [-0.25, -0.2) is 4.98 Å². The number of hydrogen-bond donors (Lipinski definition) is 0. The Morgan fingerprint density at radius 1 is 1.06 bits per heavy atom. The van der Waals surface area contributed by atoms with Gasteiger partial charge in [-0.3, -0.25) is 0 Å². The number of nitrogens with zero attached hydrogens (tertiary/aromatic N) is 2. The van der Waals surface area contributed by atoms with Crippen LogP contribution in [0.25, 0.3) is 0 Å². The molecule has 4 rings (SSSR count). The molecule has 1 fully saturated rings. The molecule has 3 unspecified atom stereocenters. The summed E-state index contributed by atoms with van der Waals surface area (Å²) in [6, 6.07) is 13.2. The van der Waals surface area contributed by atoms with Crippen LogP contribution < -0.4 is 0 Å². The Hall–Kier alpha value is -1.60. The number of hydrogen-bond acceptors (Lipinski definition) is 4. The fourth-order valence-corrected chi connectivity index (χ4v) is 4.25. The molecule has 0 bridgehead atoms. The monoisotopic (exact) mass is 494 g/mol. The third kappa shape index (κ3) is 6.70. The maximum atomic E-state index is 6.28. The van der Waals surface area contributed by atoms with E-state index in [1.54, 1.807) is 24.7 Å². The van der Waals surface area contributed by atoms with Gasteiger partial charge in [0.1, 0.15) is 6.23 Å². The zero-order chi connectivity index (χ0) is 22.3. The van der Waals surface area contributed by atoms with E-state index in [1.165, 1.54) is 0 Å². The van der Waals surface area contributed by atoms with E-state index in [4.69, 9.17) is 49.0 Å². The quantitative estimate of drug-likeness (QED) is 0.331. The van der Waals surface area contributed by atoms with E-state index in [2.05, 4.69) is 4.98 Å². The summed E-state index contributed by atoms with van der Waals surface area (Å²) in [5.41, 5.74) is 2.03. The molecule has 0 radical (unpaired) electrons. The Kier molecular flexibility index (Phi) is 8.47. The zero-order valence-electron chi connectivity index (χ0n) is 17.5. The van der Waals surface area contributed by atoms with Gasteiger partial charge >= 0.3 is 0 Å². The van der Waals surface area contributed by atoms with Crippen LogP contribution >= 0.6 is 34.8 Å². The number of rotatable bonds is 9. The summed E-state index contributed by atoms with van der Waals surface area (Å²) in [7, 11) is 0. The van der Waals surface area contributed by atoms with E-state index in [9.17, 15) is 0 Å². The minimum Gasteiger partial charge on any atom is -0.355 e. The second kappa shape index (κ2) is 11.5. The first-order valence-electron chi connectivity index (χ1n) is 10.6. The van der Waals surface area contributed by atoms with Gasteiger partial charge in [-0.15, -0.1) is 0 Å². The molecule has 8 heteroatoms. The van der Waals surface area contributed by atoms with E-state index in [0.29, 0.717) is 29.7 Å². The number of halogens is 3. The molecule has 3 aromatic rings. The van der Waals surface area contributed by atoms with Crippen molar-refractivity contribution < 1.29 is 14.2 Å². The van der Waals surface area contributed by atoms with Gasteiger partial charge in [0.2, 0.25) is 0 Å². The minimum absolute atomic E-state index is 0.0364. The lowest BCUT2D eigenvalue weighted by Gasteiger charge is -2.31. The third-order valence-corrected chi connectivity index (χ3v) is 6.24. The molecule has 0 amide bonds. The zero-order valence-corrected chi connectivity index (χ0v) is 19.8. The first-order valence-corrected chi connectivity index (χ1v) is 11.7. The Balaban J connectivity index is 1.31. The normalized spacial score (nSPS) is 19.7. The van der Waals surface area contributed by atoms with Crippen LogP contribution in [-0.4, -0.2) is 28.6 Å². The van der Waals surface area contributed by atoms with Crippen LogP contribution in [0.5, 0.6) is 0 Å². The summed E-state index contributed by atoms with van der Waals surface area (Å²) in [5, 5.41) is 1.92. The molecule has 2 heterocycles. The van der Waals surface area contributed by atoms with E-state index in [0.717, 1.165) is 35.4 Å². The molecule has 1 aromatic heterocycles. The van der Waals surface area contributed by atoms with Crippen LogP contribution in [-0.2, 0) is 27.2 Å². The highest BCUT2D eigenvalue weighted by Crippen LogP contribution is 2.26. The molecular weight excluding hydrogens is 471 g/mol. The van der Waals surface area contributed by atoms with Crippen molar-refractivity contribution in [3.8, 4) is 0 Å². The summed E-state index contributed by atoms with van der Waals surface area (Å²) < 4.78 is 20.4. The lowest BCUT2D eigenvalue weighted by atomic mass is 10.1. The topological polar surface area (TPSA) is 45.5 Å². The molecule has 0 spiro atoms. The Labute approximate surface area is 203 Å². The predicted molar refractivity (Wildman–Crippen MR) is 126 cm³/mol. The van der Waals surface area contributed by atoms with Crippen molar-refractivity contribution in [3.05, 3.63) is 87.4 Å². The summed E-state index contributed by atoms with van der Waals surface area (Å²) in [5.74, 6) is 0. The summed E-state index contributed by atoms with van der Waals surface area (Å²) in [6.07, 6.45) is 8.41. The number of aromatic nitrogens is 2. The predicted octanol–water partition coefficient (Wildman–Crippen LogP) is 6.71. The highest BCUT2D eigenvalue weighted by molar-refractivity contribution is 6.35. The second-order valence-corrected chi connectivity index (χ2v) is 9.07. The van der Waals surface area contributed by atoms with Gasteiger partial charge in [0.25, 0.3) is 0 Å². The van der Waals surface area contributed by atoms with Crippen molar-refractivity contribution >= 4 is 34.8 Å².